The third-order valence-corrected chi connectivity index (χ3v) is 7.16. The van der Waals surface area contributed by atoms with Crippen molar-refractivity contribution in [2.24, 2.45) is 23.7 Å². The molecule has 5 heteroatoms. The van der Waals surface area contributed by atoms with Gasteiger partial charge in [-0.3, -0.25) is 4.79 Å². The van der Waals surface area contributed by atoms with Crippen molar-refractivity contribution < 1.29 is 13.2 Å². The predicted octanol–water partition coefficient (Wildman–Crippen LogP) is 2.64. The van der Waals surface area contributed by atoms with Crippen LogP contribution in [0.25, 0.3) is 0 Å². The molecule has 1 N–H and O–H groups in total. The standard InChI is InChI=1S/C18H23NO3S/c1-23(21,22)16-4-2-3-13(10-16)18(20)19-17-14-6-11-5-12(8-14)9-15(17)7-11/h2-4,10-12,14-15,17H,5-9H2,1H3,(H,19,20). The number of carbonyl (C=O) groups is 1. The van der Waals surface area contributed by atoms with Crippen molar-refractivity contribution in [3.05, 3.63) is 29.8 Å². The van der Waals surface area contributed by atoms with Crippen LogP contribution in [0.5, 0.6) is 0 Å². The second-order valence-electron chi connectivity index (χ2n) is 7.73. The fourth-order valence-electron chi connectivity index (χ4n) is 5.26. The van der Waals surface area contributed by atoms with Gasteiger partial charge >= 0.3 is 0 Å². The highest BCUT2D eigenvalue weighted by atomic mass is 32.2. The molecule has 1 amide bonds. The summed E-state index contributed by atoms with van der Waals surface area (Å²) in [5.74, 6) is 2.85. The Kier molecular flexibility index (Phi) is 3.52. The van der Waals surface area contributed by atoms with E-state index >= 15 is 0 Å². The van der Waals surface area contributed by atoms with Gasteiger partial charge in [-0.2, -0.15) is 0 Å². The Morgan fingerprint density at radius 3 is 2.22 bits per heavy atom. The fraction of sp³-hybridized carbons (Fsp3) is 0.611. The summed E-state index contributed by atoms with van der Waals surface area (Å²) in [4.78, 5) is 12.8. The molecule has 4 bridgehead atoms. The van der Waals surface area contributed by atoms with Crippen molar-refractivity contribution in [3.8, 4) is 0 Å². The minimum atomic E-state index is -3.29. The highest BCUT2D eigenvalue weighted by Crippen LogP contribution is 2.53. The average molecular weight is 333 g/mol. The number of carbonyl (C=O) groups excluding carboxylic acids is 1. The van der Waals surface area contributed by atoms with Gasteiger partial charge in [-0.25, -0.2) is 8.42 Å². The van der Waals surface area contributed by atoms with E-state index in [1.54, 1.807) is 12.1 Å². The molecule has 0 aromatic heterocycles. The van der Waals surface area contributed by atoms with E-state index in [1.807, 2.05) is 0 Å². The number of nitrogens with one attached hydrogen (secondary N) is 1. The maximum Gasteiger partial charge on any atom is 0.251 e. The number of amides is 1. The first-order valence-corrected chi connectivity index (χ1v) is 10.4. The zero-order valence-corrected chi connectivity index (χ0v) is 14.2. The predicted molar refractivity (Wildman–Crippen MR) is 87.9 cm³/mol. The number of sulfone groups is 1. The number of rotatable bonds is 3. The lowest BCUT2D eigenvalue weighted by atomic mass is 9.54. The molecule has 4 aliphatic rings. The summed E-state index contributed by atoms with van der Waals surface area (Å²) < 4.78 is 23.3. The summed E-state index contributed by atoms with van der Waals surface area (Å²) in [6.07, 6.45) is 7.57. The lowest BCUT2D eigenvalue weighted by molar-refractivity contribution is -0.0119. The van der Waals surface area contributed by atoms with Gasteiger partial charge < -0.3 is 5.32 Å². The summed E-state index contributed by atoms with van der Waals surface area (Å²) >= 11 is 0. The van der Waals surface area contributed by atoms with Crippen molar-refractivity contribution in [1.29, 1.82) is 0 Å². The van der Waals surface area contributed by atoms with Gasteiger partial charge in [0, 0.05) is 17.9 Å². The zero-order valence-electron chi connectivity index (χ0n) is 13.4. The molecule has 23 heavy (non-hydrogen) atoms. The van der Waals surface area contributed by atoms with Gasteiger partial charge in [0.05, 0.1) is 4.90 Å². The summed E-state index contributed by atoms with van der Waals surface area (Å²) in [6, 6.07) is 6.63. The van der Waals surface area contributed by atoms with E-state index < -0.39 is 9.84 Å². The second-order valence-corrected chi connectivity index (χ2v) is 9.75. The number of benzene rings is 1. The molecular formula is C18H23NO3S. The Labute approximate surface area is 137 Å². The Balaban J connectivity index is 1.52. The van der Waals surface area contributed by atoms with E-state index in [4.69, 9.17) is 0 Å². The molecule has 1 aromatic carbocycles. The van der Waals surface area contributed by atoms with Crippen molar-refractivity contribution in [2.45, 2.75) is 43.0 Å². The molecule has 124 valence electrons. The molecular weight excluding hydrogens is 310 g/mol. The molecule has 0 aliphatic heterocycles. The topological polar surface area (TPSA) is 63.2 Å². The van der Waals surface area contributed by atoms with Crippen molar-refractivity contribution >= 4 is 15.7 Å². The van der Waals surface area contributed by atoms with Crippen LogP contribution < -0.4 is 5.32 Å². The van der Waals surface area contributed by atoms with Gasteiger partial charge in [-0.1, -0.05) is 6.07 Å². The van der Waals surface area contributed by atoms with Gasteiger partial charge in [0.15, 0.2) is 9.84 Å². The smallest absolute Gasteiger partial charge is 0.251 e. The van der Waals surface area contributed by atoms with E-state index in [1.165, 1.54) is 50.5 Å². The van der Waals surface area contributed by atoms with Crippen LogP contribution >= 0.6 is 0 Å². The highest BCUT2D eigenvalue weighted by molar-refractivity contribution is 7.90. The Morgan fingerprint density at radius 2 is 1.65 bits per heavy atom. The number of hydrogen-bond acceptors (Lipinski definition) is 3. The summed E-state index contributed by atoms with van der Waals surface area (Å²) in [5.41, 5.74) is 0.446. The van der Waals surface area contributed by atoms with E-state index in [0.29, 0.717) is 17.4 Å². The maximum absolute atomic E-state index is 12.6. The molecule has 0 heterocycles. The third-order valence-electron chi connectivity index (χ3n) is 6.05. The Hall–Kier alpha value is -1.36. The van der Waals surface area contributed by atoms with Crippen LogP contribution in [0.4, 0.5) is 0 Å². The van der Waals surface area contributed by atoms with Crippen molar-refractivity contribution in [2.75, 3.05) is 6.26 Å². The number of hydrogen-bond donors (Lipinski definition) is 1. The minimum absolute atomic E-state index is 0.132. The van der Waals surface area contributed by atoms with E-state index in [-0.39, 0.29) is 16.8 Å². The molecule has 0 saturated heterocycles. The van der Waals surface area contributed by atoms with Gasteiger partial charge in [0.2, 0.25) is 0 Å². The molecule has 0 atom stereocenters. The molecule has 5 rings (SSSR count). The van der Waals surface area contributed by atoms with Crippen LogP contribution in [-0.2, 0) is 9.84 Å². The lowest BCUT2D eigenvalue weighted by Gasteiger charge is -2.54. The minimum Gasteiger partial charge on any atom is -0.349 e. The van der Waals surface area contributed by atoms with Gasteiger partial charge in [0.25, 0.3) is 5.91 Å². The highest BCUT2D eigenvalue weighted by Gasteiger charge is 2.48. The Morgan fingerprint density at radius 1 is 1.04 bits per heavy atom. The van der Waals surface area contributed by atoms with Crippen molar-refractivity contribution in [3.63, 3.8) is 0 Å². The second kappa shape index (κ2) is 5.33. The third kappa shape index (κ3) is 2.80. The molecule has 0 unspecified atom stereocenters. The van der Waals surface area contributed by atoms with Crippen LogP contribution in [0, 0.1) is 23.7 Å². The normalized spacial score (nSPS) is 35.3. The monoisotopic (exact) mass is 333 g/mol. The quantitative estimate of drug-likeness (QED) is 0.925. The fourth-order valence-corrected chi connectivity index (χ4v) is 5.93. The summed E-state index contributed by atoms with van der Waals surface area (Å²) in [6.45, 7) is 0. The van der Waals surface area contributed by atoms with Crippen LogP contribution in [0.2, 0.25) is 0 Å². The van der Waals surface area contributed by atoms with Gasteiger partial charge in [-0.05, 0) is 74.0 Å². The largest absolute Gasteiger partial charge is 0.349 e. The summed E-state index contributed by atoms with van der Waals surface area (Å²) in [5, 5.41) is 3.22. The average Bonchev–Trinajstić information content (AvgIpc) is 2.49. The van der Waals surface area contributed by atoms with Gasteiger partial charge in [0.1, 0.15) is 0 Å². The Bertz CT molecular complexity index is 712. The molecule has 4 saturated carbocycles. The van der Waals surface area contributed by atoms with E-state index in [9.17, 15) is 13.2 Å². The maximum atomic E-state index is 12.6. The molecule has 4 aliphatic carbocycles. The first-order chi connectivity index (χ1) is 10.9. The van der Waals surface area contributed by atoms with E-state index in [2.05, 4.69) is 5.32 Å². The first kappa shape index (κ1) is 15.2. The van der Waals surface area contributed by atoms with E-state index in [0.717, 1.165) is 11.8 Å². The molecule has 0 radical (unpaired) electrons. The summed E-state index contributed by atoms with van der Waals surface area (Å²) in [7, 11) is -3.29. The van der Waals surface area contributed by atoms with Crippen molar-refractivity contribution in [1.82, 2.24) is 5.32 Å². The zero-order chi connectivity index (χ0) is 16.2. The van der Waals surface area contributed by atoms with Crippen LogP contribution in [0.15, 0.2) is 29.2 Å². The van der Waals surface area contributed by atoms with Gasteiger partial charge in [-0.15, -0.1) is 0 Å². The first-order valence-electron chi connectivity index (χ1n) is 8.51. The van der Waals surface area contributed by atoms with Crippen LogP contribution in [-0.4, -0.2) is 26.6 Å². The SMILES string of the molecule is CS(=O)(=O)c1cccc(C(=O)NC2C3CC4CC(C3)CC2C4)c1. The molecule has 1 aromatic rings. The van der Waals surface area contributed by atoms with Crippen LogP contribution in [0.1, 0.15) is 42.5 Å². The molecule has 4 nitrogen and oxygen atoms in total. The molecule has 4 fully saturated rings. The lowest BCUT2D eigenvalue weighted by Crippen LogP contribution is -2.55. The van der Waals surface area contributed by atoms with Crippen LogP contribution in [0.3, 0.4) is 0 Å². The molecule has 0 spiro atoms.